The molecule has 1 aromatic rings. The normalized spacial score (nSPS) is 14.9. The summed E-state index contributed by atoms with van der Waals surface area (Å²) in [6.45, 7) is -0.299. The van der Waals surface area contributed by atoms with Crippen LogP contribution in [0.25, 0.3) is 0 Å². The molecule has 1 aliphatic carbocycles. The average molecular weight is 253 g/mol. The van der Waals surface area contributed by atoms with E-state index in [1.54, 1.807) is 0 Å². The quantitative estimate of drug-likeness (QED) is 0.745. The van der Waals surface area contributed by atoms with E-state index < -0.39 is 12.6 Å². The summed E-state index contributed by atoms with van der Waals surface area (Å²) in [6.07, 6.45) is 6.14. The van der Waals surface area contributed by atoms with Gasteiger partial charge in [0.15, 0.2) is 12.4 Å². The second kappa shape index (κ2) is 5.52. The molecule has 18 heavy (non-hydrogen) atoms. The maximum atomic E-state index is 11.6. The summed E-state index contributed by atoms with van der Waals surface area (Å²) in [6, 6.07) is 0.302. The van der Waals surface area contributed by atoms with Gasteiger partial charge in [-0.3, -0.25) is 9.48 Å². The van der Waals surface area contributed by atoms with Gasteiger partial charge < -0.3 is 15.2 Å². The predicted octanol–water partition coefficient (Wildman–Crippen LogP) is 0.0152. The minimum atomic E-state index is -1.05. The fourth-order valence-electron chi connectivity index (χ4n) is 1.62. The van der Waals surface area contributed by atoms with E-state index in [1.807, 2.05) is 0 Å². The zero-order valence-corrected chi connectivity index (χ0v) is 9.83. The van der Waals surface area contributed by atoms with E-state index in [-0.39, 0.29) is 12.5 Å². The lowest BCUT2D eigenvalue weighted by atomic mass is 9.93. The molecule has 2 rings (SSSR count). The van der Waals surface area contributed by atoms with E-state index in [9.17, 15) is 9.59 Å². The third-order valence-electron chi connectivity index (χ3n) is 2.75. The lowest BCUT2D eigenvalue weighted by molar-refractivity contribution is -0.139. The van der Waals surface area contributed by atoms with Crippen LogP contribution in [0.15, 0.2) is 12.4 Å². The molecule has 0 spiro atoms. The number of aromatic nitrogens is 2. The van der Waals surface area contributed by atoms with Crippen LogP contribution in [0.2, 0.25) is 0 Å². The van der Waals surface area contributed by atoms with Gasteiger partial charge in [0.05, 0.1) is 12.4 Å². The second-order valence-electron chi connectivity index (χ2n) is 4.25. The Balaban J connectivity index is 1.78. The number of ether oxygens (including phenoxy) is 1. The molecule has 0 aliphatic heterocycles. The van der Waals surface area contributed by atoms with Gasteiger partial charge in [-0.1, -0.05) is 0 Å². The second-order valence-corrected chi connectivity index (χ2v) is 4.25. The van der Waals surface area contributed by atoms with Crippen molar-refractivity contribution in [2.75, 3.05) is 6.61 Å². The molecular weight excluding hydrogens is 238 g/mol. The molecule has 0 aromatic carbocycles. The number of carboxylic acids is 1. The zero-order valence-electron chi connectivity index (χ0n) is 9.83. The summed E-state index contributed by atoms with van der Waals surface area (Å²) in [5.41, 5.74) is 0. The molecule has 0 radical (unpaired) electrons. The summed E-state index contributed by atoms with van der Waals surface area (Å²) in [7, 11) is 0. The van der Waals surface area contributed by atoms with Gasteiger partial charge in [0.25, 0.3) is 0 Å². The number of hydrogen-bond acceptors (Lipinski definition) is 4. The number of amides is 1. The van der Waals surface area contributed by atoms with E-state index in [0.717, 1.165) is 12.8 Å². The lowest BCUT2D eigenvalue weighted by Gasteiger charge is -2.26. The molecule has 0 saturated heterocycles. The van der Waals surface area contributed by atoms with Crippen molar-refractivity contribution in [1.29, 1.82) is 0 Å². The number of rotatable bonds is 6. The maximum absolute atomic E-state index is 11.6. The molecule has 1 aromatic heterocycles. The van der Waals surface area contributed by atoms with Crippen LogP contribution in [0.1, 0.15) is 19.3 Å². The molecule has 0 unspecified atom stereocenters. The molecule has 1 aliphatic rings. The first-order chi connectivity index (χ1) is 8.63. The Hall–Kier alpha value is -2.05. The van der Waals surface area contributed by atoms with Gasteiger partial charge in [-0.05, 0) is 19.3 Å². The van der Waals surface area contributed by atoms with Crippen molar-refractivity contribution < 1.29 is 19.4 Å². The van der Waals surface area contributed by atoms with Crippen LogP contribution in [-0.4, -0.2) is 39.4 Å². The highest BCUT2D eigenvalue weighted by molar-refractivity contribution is 5.76. The number of carbonyl (C=O) groups excluding carboxylic acids is 1. The summed E-state index contributed by atoms with van der Waals surface area (Å²) in [4.78, 5) is 21.9. The van der Waals surface area contributed by atoms with Crippen molar-refractivity contribution in [3.05, 3.63) is 12.4 Å². The molecule has 7 nitrogen and oxygen atoms in total. The predicted molar refractivity (Wildman–Crippen MR) is 61.1 cm³/mol. The summed E-state index contributed by atoms with van der Waals surface area (Å²) in [5, 5.41) is 15.3. The van der Waals surface area contributed by atoms with Crippen molar-refractivity contribution in [1.82, 2.24) is 15.1 Å². The van der Waals surface area contributed by atoms with Crippen molar-refractivity contribution in [3.8, 4) is 5.75 Å². The van der Waals surface area contributed by atoms with Gasteiger partial charge in [-0.2, -0.15) is 5.10 Å². The molecule has 1 fully saturated rings. The Morgan fingerprint density at radius 3 is 2.94 bits per heavy atom. The number of carboxylic acid groups (broad SMARTS) is 1. The highest BCUT2D eigenvalue weighted by atomic mass is 16.5. The van der Waals surface area contributed by atoms with Crippen molar-refractivity contribution in [3.63, 3.8) is 0 Å². The van der Waals surface area contributed by atoms with Gasteiger partial charge in [0.2, 0.25) is 5.91 Å². The lowest BCUT2D eigenvalue weighted by Crippen LogP contribution is -2.41. The van der Waals surface area contributed by atoms with Crippen molar-refractivity contribution in [2.45, 2.75) is 31.8 Å². The first-order valence-electron chi connectivity index (χ1n) is 5.80. The van der Waals surface area contributed by atoms with Crippen molar-refractivity contribution in [2.24, 2.45) is 0 Å². The minimum Gasteiger partial charge on any atom is -0.479 e. The molecule has 0 bridgehead atoms. The highest BCUT2D eigenvalue weighted by Gasteiger charge is 2.19. The fraction of sp³-hybridized carbons (Fsp3) is 0.545. The van der Waals surface area contributed by atoms with E-state index in [4.69, 9.17) is 9.84 Å². The molecular formula is C11H15N3O4. The van der Waals surface area contributed by atoms with E-state index >= 15 is 0 Å². The molecule has 2 N–H and O–H groups in total. The number of aliphatic carboxylic acids is 1. The van der Waals surface area contributed by atoms with Gasteiger partial charge in [0, 0.05) is 6.04 Å². The molecule has 98 valence electrons. The van der Waals surface area contributed by atoms with Crippen LogP contribution in [0.4, 0.5) is 0 Å². The third kappa shape index (κ3) is 3.47. The van der Waals surface area contributed by atoms with Gasteiger partial charge >= 0.3 is 5.97 Å². The largest absolute Gasteiger partial charge is 0.479 e. The first-order valence-corrected chi connectivity index (χ1v) is 5.80. The Morgan fingerprint density at radius 1 is 1.56 bits per heavy atom. The smallest absolute Gasteiger partial charge is 0.341 e. The molecule has 0 atom stereocenters. The van der Waals surface area contributed by atoms with Crippen molar-refractivity contribution >= 4 is 11.9 Å². The Morgan fingerprint density at radius 2 is 2.33 bits per heavy atom. The summed E-state index contributed by atoms with van der Waals surface area (Å²) < 4.78 is 6.35. The number of nitrogens with zero attached hydrogens (tertiary/aromatic N) is 2. The third-order valence-corrected chi connectivity index (χ3v) is 2.75. The average Bonchev–Trinajstić information content (AvgIpc) is 2.68. The minimum absolute atomic E-state index is 0.0902. The molecule has 7 heteroatoms. The number of hydrogen-bond donors (Lipinski definition) is 2. The topological polar surface area (TPSA) is 93.4 Å². The van der Waals surface area contributed by atoms with E-state index in [1.165, 1.54) is 23.5 Å². The Kier molecular flexibility index (Phi) is 3.81. The molecule has 1 amide bonds. The zero-order chi connectivity index (χ0) is 13.0. The number of nitrogens with one attached hydrogen (secondary N) is 1. The monoisotopic (exact) mass is 253 g/mol. The van der Waals surface area contributed by atoms with Gasteiger partial charge in [-0.15, -0.1) is 0 Å². The van der Waals surface area contributed by atoms with E-state index in [2.05, 4.69) is 10.4 Å². The van der Waals surface area contributed by atoms with Gasteiger partial charge in [-0.25, -0.2) is 4.79 Å². The van der Waals surface area contributed by atoms with Crippen LogP contribution in [-0.2, 0) is 16.1 Å². The summed E-state index contributed by atoms with van der Waals surface area (Å²) in [5.74, 6) is -0.799. The summed E-state index contributed by atoms with van der Waals surface area (Å²) >= 11 is 0. The SMILES string of the molecule is O=C(O)COc1cnn(CC(=O)NC2CCC2)c1. The van der Waals surface area contributed by atoms with Crippen LogP contribution in [0.5, 0.6) is 5.75 Å². The highest BCUT2D eigenvalue weighted by Crippen LogP contribution is 2.17. The first kappa shape index (κ1) is 12.4. The maximum Gasteiger partial charge on any atom is 0.341 e. The molecule has 1 saturated carbocycles. The van der Waals surface area contributed by atoms with Crippen LogP contribution < -0.4 is 10.1 Å². The Labute approximate surface area is 104 Å². The van der Waals surface area contributed by atoms with Crippen LogP contribution in [0, 0.1) is 0 Å². The van der Waals surface area contributed by atoms with E-state index in [0.29, 0.717) is 11.8 Å². The standard InChI is InChI=1S/C11H15N3O4/c15-10(13-8-2-1-3-8)6-14-5-9(4-12-14)18-7-11(16)17/h4-5,8H,1-3,6-7H2,(H,13,15)(H,16,17). The van der Waals surface area contributed by atoms with Crippen LogP contribution in [0.3, 0.4) is 0 Å². The molecule has 1 heterocycles. The van der Waals surface area contributed by atoms with Gasteiger partial charge in [0.1, 0.15) is 6.54 Å². The fourth-order valence-corrected chi connectivity index (χ4v) is 1.62. The number of carbonyl (C=O) groups is 2. The van der Waals surface area contributed by atoms with Crippen LogP contribution >= 0.6 is 0 Å². The Bertz CT molecular complexity index is 439.